The van der Waals surface area contributed by atoms with Gasteiger partial charge in [-0.15, -0.1) is 0 Å². The largest absolute Gasteiger partial charge is 0.479 e. The Morgan fingerprint density at radius 1 is 0.547 bits per heavy atom. The number of carbonyl (C=O) groups is 3. The standard InChI is InChI=1S/C63H98O32/c1-23-45(90-52-44(80)46(28(68)21-85-52)91-51-41(77)34(70)26(66)19-84-51)40(76)43(79)53(87-23)93-48-35(71)27(67)20-86-55(48)95-57(83)63-15-14-58(2,3)16-25(63)24-8-9-31-59(4)12-11-33(60(5,22-65)30(59)10-13-61(31,6)62(24,7)17-32(63)69)89-56-49(39(75)38(74)47(92-56)50(81)82)94-54-42(78)37(73)36(72)29(18-64)88-54/h8,22-23,25-49,51-56,64,66-80H,9-21H2,1-7H3,(H,81,82). The molecule has 17 N–H and O–H groups in total. The molecule has 4 saturated carbocycles. The Balaban J connectivity index is 0.801. The Kier molecular flexibility index (Phi) is 21.1. The number of hydrogen-bond donors (Lipinski definition) is 17. The molecule has 95 heavy (non-hydrogen) atoms. The summed E-state index contributed by atoms with van der Waals surface area (Å²) in [6.45, 7) is 11.4. The van der Waals surface area contributed by atoms with Crippen LogP contribution in [0, 0.1) is 50.2 Å². The van der Waals surface area contributed by atoms with E-state index in [0.717, 1.165) is 11.9 Å². The quantitative estimate of drug-likeness (QED) is 0.0315. The van der Waals surface area contributed by atoms with Crippen LogP contribution in [0.3, 0.4) is 0 Å². The van der Waals surface area contributed by atoms with Gasteiger partial charge in [0.2, 0.25) is 6.29 Å². The summed E-state index contributed by atoms with van der Waals surface area (Å²) in [5.74, 6) is -3.73. The van der Waals surface area contributed by atoms with Crippen LogP contribution in [-0.2, 0) is 71.2 Å². The molecule has 32 heteroatoms. The lowest BCUT2D eigenvalue weighted by molar-refractivity contribution is -0.375. The smallest absolute Gasteiger partial charge is 0.335 e. The molecule has 0 aromatic carbocycles. The van der Waals surface area contributed by atoms with E-state index in [9.17, 15) is 96.4 Å². The van der Waals surface area contributed by atoms with Crippen LogP contribution in [0.2, 0.25) is 0 Å². The predicted octanol–water partition coefficient (Wildman–Crippen LogP) is -5.20. The van der Waals surface area contributed by atoms with Gasteiger partial charge in [-0.2, -0.15) is 0 Å². The van der Waals surface area contributed by atoms with Crippen LogP contribution >= 0.6 is 0 Å². The third kappa shape index (κ3) is 12.4. The third-order valence-corrected chi connectivity index (χ3v) is 24.4. The highest BCUT2D eigenvalue weighted by atomic mass is 16.8. The van der Waals surface area contributed by atoms with Gasteiger partial charge in [-0.3, -0.25) is 4.79 Å². The van der Waals surface area contributed by atoms with Gasteiger partial charge < -0.3 is 148 Å². The van der Waals surface area contributed by atoms with Gasteiger partial charge in [0, 0.05) is 0 Å². The van der Waals surface area contributed by atoms with Gasteiger partial charge >= 0.3 is 11.9 Å². The molecule has 0 aromatic rings. The van der Waals surface area contributed by atoms with E-state index in [1.807, 2.05) is 0 Å². The first-order chi connectivity index (χ1) is 44.5. The summed E-state index contributed by atoms with van der Waals surface area (Å²) in [6.07, 6.45) is -43.6. The van der Waals surface area contributed by atoms with Crippen LogP contribution < -0.4 is 0 Å². The van der Waals surface area contributed by atoms with Gasteiger partial charge in [0.1, 0.15) is 122 Å². The van der Waals surface area contributed by atoms with Gasteiger partial charge in [0.25, 0.3) is 0 Å². The van der Waals surface area contributed by atoms with Crippen molar-refractivity contribution in [3.05, 3.63) is 11.6 Å². The number of esters is 1. The van der Waals surface area contributed by atoms with Crippen LogP contribution in [-0.4, -0.2) is 310 Å². The van der Waals surface area contributed by atoms with E-state index in [2.05, 4.69) is 40.7 Å². The minimum Gasteiger partial charge on any atom is -0.479 e. The molecule has 6 saturated heterocycles. The van der Waals surface area contributed by atoms with Gasteiger partial charge in [-0.25, -0.2) is 4.79 Å². The zero-order valence-electron chi connectivity index (χ0n) is 54.0. The summed E-state index contributed by atoms with van der Waals surface area (Å²) in [7, 11) is 0. The first-order valence-corrected chi connectivity index (χ1v) is 33.0. The van der Waals surface area contributed by atoms with E-state index >= 15 is 4.79 Å². The van der Waals surface area contributed by atoms with Crippen LogP contribution in [0.25, 0.3) is 0 Å². The minimum atomic E-state index is -2.11. The van der Waals surface area contributed by atoms with Crippen LogP contribution in [0.4, 0.5) is 0 Å². The fourth-order valence-electron chi connectivity index (χ4n) is 18.5. The average Bonchev–Trinajstić information content (AvgIpc) is 0.645. The van der Waals surface area contributed by atoms with Crippen molar-refractivity contribution in [2.24, 2.45) is 50.2 Å². The third-order valence-electron chi connectivity index (χ3n) is 24.4. The fourth-order valence-corrected chi connectivity index (χ4v) is 18.5. The van der Waals surface area contributed by atoms with Crippen molar-refractivity contribution < 1.29 is 158 Å². The fraction of sp³-hybridized carbons (Fsp3) is 0.921. The summed E-state index contributed by atoms with van der Waals surface area (Å²) < 4.78 is 70.5. The van der Waals surface area contributed by atoms with E-state index in [0.29, 0.717) is 38.5 Å². The highest BCUT2D eigenvalue weighted by Gasteiger charge is 2.73. The Morgan fingerprint density at radius 3 is 1.77 bits per heavy atom. The molecule has 11 aliphatic rings. The number of aliphatic hydroxyl groups excluding tert-OH is 16. The average molecular weight is 1370 g/mol. The molecule has 0 spiro atoms. The minimum absolute atomic E-state index is 0.0847. The lowest BCUT2D eigenvalue weighted by Crippen LogP contribution is -2.69. The number of carboxylic acids is 1. The van der Waals surface area contributed by atoms with Crippen molar-refractivity contribution in [2.75, 3.05) is 26.4 Å². The van der Waals surface area contributed by atoms with Crippen LogP contribution in [0.15, 0.2) is 11.6 Å². The second-order valence-corrected chi connectivity index (χ2v) is 30.3. The molecule has 37 atom stereocenters. The zero-order chi connectivity index (χ0) is 69.3. The van der Waals surface area contributed by atoms with E-state index in [-0.39, 0.29) is 30.6 Å². The molecule has 542 valence electrons. The van der Waals surface area contributed by atoms with Crippen molar-refractivity contribution in [1.29, 1.82) is 0 Å². The predicted molar refractivity (Wildman–Crippen MR) is 311 cm³/mol. The maximum absolute atomic E-state index is 15.5. The molecule has 0 radical (unpaired) electrons. The van der Waals surface area contributed by atoms with Crippen molar-refractivity contribution in [3.8, 4) is 0 Å². The number of ether oxygens (including phenoxy) is 12. The van der Waals surface area contributed by atoms with Crippen molar-refractivity contribution in [2.45, 2.75) is 284 Å². The maximum atomic E-state index is 15.5. The van der Waals surface area contributed by atoms with Crippen molar-refractivity contribution >= 4 is 18.2 Å². The lowest BCUT2D eigenvalue weighted by atomic mass is 9.33. The number of rotatable bonds is 15. The summed E-state index contributed by atoms with van der Waals surface area (Å²) in [4.78, 5) is 41.9. The Bertz CT molecular complexity index is 2760. The Labute approximate surface area is 547 Å². The number of aliphatic carboxylic acids is 1. The molecule has 5 aliphatic carbocycles. The molecule has 6 heterocycles. The molecule has 37 unspecified atom stereocenters. The molecular weight excluding hydrogens is 1270 g/mol. The number of carbonyl (C=O) groups excluding carboxylic acids is 2. The van der Waals surface area contributed by atoms with E-state index < -0.39 is 255 Å². The summed E-state index contributed by atoms with van der Waals surface area (Å²) >= 11 is 0. The SMILES string of the molecule is CC1OC(OC2C(OC(=O)C34CCC(C)(C)CC3C3=CCC5C6(C)CCC(OC7OC(C(=O)O)C(O)C(O)C7OC7OC(CO)C(O)C(O)C7O)C(C)(C=O)C6CCC5(C)C3(C)CC4O)OCC(O)C2O)C(O)C(O)C1OC1OCC(O)C(OC2OCC(O)C(O)C2O)C1O. The molecule has 32 nitrogen and oxygen atoms in total. The number of allylic oxidation sites excluding steroid dienone is 2. The zero-order valence-corrected chi connectivity index (χ0v) is 54.0. The molecule has 11 rings (SSSR count). The van der Waals surface area contributed by atoms with Gasteiger partial charge in [-0.05, 0) is 104 Å². The molecule has 6 aliphatic heterocycles. The second kappa shape index (κ2) is 27.2. The number of fused-ring (bicyclic) bond motifs is 7. The normalized spacial score (nSPS) is 54.7. The van der Waals surface area contributed by atoms with Crippen LogP contribution in [0.5, 0.6) is 0 Å². The second-order valence-electron chi connectivity index (χ2n) is 30.3. The maximum Gasteiger partial charge on any atom is 0.335 e. The molecule has 0 amide bonds. The monoisotopic (exact) mass is 1370 g/mol. The first kappa shape index (κ1) is 73.5. The number of carboxylic acid groups (broad SMARTS) is 1. The van der Waals surface area contributed by atoms with Gasteiger partial charge in [0.15, 0.2) is 43.7 Å². The number of aliphatic hydroxyl groups is 16. The van der Waals surface area contributed by atoms with E-state index in [1.54, 1.807) is 6.92 Å². The number of aldehydes is 1. The van der Waals surface area contributed by atoms with E-state index in [1.165, 1.54) is 6.92 Å². The lowest BCUT2D eigenvalue weighted by Gasteiger charge is -2.71. The molecule has 0 bridgehead atoms. The summed E-state index contributed by atoms with van der Waals surface area (Å²) in [6, 6.07) is 0. The van der Waals surface area contributed by atoms with E-state index in [4.69, 9.17) is 56.8 Å². The van der Waals surface area contributed by atoms with Gasteiger partial charge in [-0.1, -0.05) is 53.2 Å². The summed E-state index contributed by atoms with van der Waals surface area (Å²) in [5.41, 5.74) is -4.36. The van der Waals surface area contributed by atoms with Crippen molar-refractivity contribution in [3.63, 3.8) is 0 Å². The highest BCUT2D eigenvalue weighted by Crippen LogP contribution is 2.76. The van der Waals surface area contributed by atoms with Crippen LogP contribution in [0.1, 0.15) is 106 Å². The molecular formula is C63H98O32. The molecule has 0 aromatic heterocycles. The first-order valence-electron chi connectivity index (χ1n) is 33.0. The Hall–Kier alpha value is -2.73. The van der Waals surface area contributed by atoms with Gasteiger partial charge in [0.05, 0.1) is 50.2 Å². The highest BCUT2D eigenvalue weighted by molar-refractivity contribution is 5.80. The molecule has 10 fully saturated rings. The van der Waals surface area contributed by atoms with Crippen molar-refractivity contribution in [1.82, 2.24) is 0 Å². The Morgan fingerprint density at radius 2 is 1.12 bits per heavy atom. The number of hydrogen-bond acceptors (Lipinski definition) is 31. The topological polar surface area (TPSA) is 506 Å². The summed E-state index contributed by atoms with van der Waals surface area (Å²) in [5, 5.41) is 186.